The van der Waals surface area contributed by atoms with Crippen molar-refractivity contribution in [3.63, 3.8) is 0 Å². The molecule has 1 aromatic rings. The van der Waals surface area contributed by atoms with Crippen molar-refractivity contribution >= 4 is 27.5 Å². The highest BCUT2D eigenvalue weighted by molar-refractivity contribution is 9.10. The fourth-order valence-corrected chi connectivity index (χ4v) is 1.87. The quantitative estimate of drug-likeness (QED) is 0.839. The SMILES string of the molecule is CCC(C)C(C)NC(=O)c1cc(Br)ccc1N. The maximum atomic E-state index is 12.0. The average molecular weight is 299 g/mol. The van der Waals surface area contributed by atoms with Crippen LogP contribution in [0.1, 0.15) is 37.6 Å². The zero-order valence-corrected chi connectivity index (χ0v) is 12.0. The van der Waals surface area contributed by atoms with Gasteiger partial charge in [0.2, 0.25) is 0 Å². The Morgan fingerprint density at radius 3 is 2.71 bits per heavy atom. The molecule has 3 nitrogen and oxygen atoms in total. The molecule has 3 N–H and O–H groups in total. The van der Waals surface area contributed by atoms with Crippen molar-refractivity contribution in [2.75, 3.05) is 5.73 Å². The van der Waals surface area contributed by atoms with Crippen LogP contribution in [-0.4, -0.2) is 11.9 Å². The molecule has 4 heteroatoms. The maximum Gasteiger partial charge on any atom is 0.253 e. The third-order valence-corrected chi connectivity index (χ3v) is 3.61. The first-order valence-electron chi connectivity index (χ1n) is 5.81. The predicted octanol–water partition coefficient (Wildman–Crippen LogP) is 3.20. The predicted molar refractivity (Wildman–Crippen MR) is 74.9 cm³/mol. The summed E-state index contributed by atoms with van der Waals surface area (Å²) in [7, 11) is 0. The molecular weight excluding hydrogens is 280 g/mol. The molecule has 17 heavy (non-hydrogen) atoms. The van der Waals surface area contributed by atoms with Crippen LogP contribution < -0.4 is 11.1 Å². The van der Waals surface area contributed by atoms with Crippen molar-refractivity contribution < 1.29 is 4.79 Å². The van der Waals surface area contributed by atoms with Gasteiger partial charge in [-0.3, -0.25) is 4.79 Å². The first-order valence-corrected chi connectivity index (χ1v) is 6.60. The first-order chi connectivity index (χ1) is 7.95. The number of anilines is 1. The van der Waals surface area contributed by atoms with E-state index in [2.05, 4.69) is 35.1 Å². The summed E-state index contributed by atoms with van der Waals surface area (Å²) in [6.45, 7) is 6.25. The van der Waals surface area contributed by atoms with Gasteiger partial charge in [-0.15, -0.1) is 0 Å². The monoisotopic (exact) mass is 298 g/mol. The smallest absolute Gasteiger partial charge is 0.253 e. The number of nitrogens with one attached hydrogen (secondary N) is 1. The Labute approximate surface area is 111 Å². The third kappa shape index (κ3) is 3.73. The van der Waals surface area contributed by atoms with E-state index in [-0.39, 0.29) is 11.9 Å². The van der Waals surface area contributed by atoms with E-state index in [1.165, 1.54) is 0 Å². The molecule has 0 aliphatic heterocycles. The van der Waals surface area contributed by atoms with Gasteiger partial charge in [0.1, 0.15) is 0 Å². The zero-order chi connectivity index (χ0) is 13.0. The number of hydrogen-bond acceptors (Lipinski definition) is 2. The molecule has 0 heterocycles. The van der Waals surface area contributed by atoms with Crippen LogP contribution in [0.25, 0.3) is 0 Å². The number of benzene rings is 1. The van der Waals surface area contributed by atoms with E-state index >= 15 is 0 Å². The summed E-state index contributed by atoms with van der Waals surface area (Å²) in [5.74, 6) is 0.337. The largest absolute Gasteiger partial charge is 0.398 e. The molecule has 0 fully saturated rings. The number of carbonyl (C=O) groups excluding carboxylic acids is 1. The zero-order valence-electron chi connectivity index (χ0n) is 10.5. The number of nitrogens with two attached hydrogens (primary N) is 1. The highest BCUT2D eigenvalue weighted by Crippen LogP contribution is 2.19. The van der Waals surface area contributed by atoms with Crippen molar-refractivity contribution in [3.05, 3.63) is 28.2 Å². The van der Waals surface area contributed by atoms with Crippen LogP contribution in [0.3, 0.4) is 0 Å². The molecule has 1 rings (SSSR count). The molecule has 0 spiro atoms. The van der Waals surface area contributed by atoms with Crippen molar-refractivity contribution in [3.8, 4) is 0 Å². The minimum Gasteiger partial charge on any atom is -0.398 e. The van der Waals surface area contributed by atoms with Crippen LogP contribution in [0.2, 0.25) is 0 Å². The van der Waals surface area contributed by atoms with E-state index in [1.807, 2.05) is 13.0 Å². The van der Waals surface area contributed by atoms with Crippen molar-refractivity contribution in [1.82, 2.24) is 5.32 Å². The van der Waals surface area contributed by atoms with Gasteiger partial charge >= 0.3 is 0 Å². The molecule has 2 unspecified atom stereocenters. The van der Waals surface area contributed by atoms with Crippen LogP contribution in [0.15, 0.2) is 22.7 Å². The minimum absolute atomic E-state index is 0.114. The van der Waals surface area contributed by atoms with Gasteiger partial charge in [-0.05, 0) is 31.0 Å². The summed E-state index contributed by atoms with van der Waals surface area (Å²) < 4.78 is 0.855. The van der Waals surface area contributed by atoms with E-state index in [1.54, 1.807) is 12.1 Å². The number of nitrogen functional groups attached to an aromatic ring is 1. The Kier molecular flexibility index (Phi) is 5.00. The summed E-state index contributed by atoms with van der Waals surface area (Å²) in [5, 5.41) is 2.98. The van der Waals surface area contributed by atoms with E-state index in [9.17, 15) is 4.79 Å². The van der Waals surface area contributed by atoms with E-state index in [4.69, 9.17) is 5.73 Å². The number of carbonyl (C=O) groups is 1. The van der Waals surface area contributed by atoms with Crippen molar-refractivity contribution in [2.45, 2.75) is 33.2 Å². The maximum absolute atomic E-state index is 12.0. The lowest BCUT2D eigenvalue weighted by atomic mass is 10.0. The Morgan fingerprint density at radius 1 is 1.47 bits per heavy atom. The Bertz CT molecular complexity index is 406. The van der Waals surface area contributed by atoms with Gasteiger partial charge in [-0.2, -0.15) is 0 Å². The third-order valence-electron chi connectivity index (χ3n) is 3.12. The van der Waals surface area contributed by atoms with Gasteiger partial charge in [0.05, 0.1) is 5.56 Å². The Balaban J connectivity index is 2.79. The highest BCUT2D eigenvalue weighted by Gasteiger charge is 2.16. The van der Waals surface area contributed by atoms with E-state index in [0.29, 0.717) is 17.2 Å². The highest BCUT2D eigenvalue weighted by atomic mass is 79.9. The minimum atomic E-state index is -0.114. The normalized spacial score (nSPS) is 14.1. The molecule has 0 aliphatic rings. The van der Waals surface area contributed by atoms with Gasteiger partial charge in [-0.1, -0.05) is 36.2 Å². The molecule has 0 aromatic heterocycles. The van der Waals surface area contributed by atoms with Crippen molar-refractivity contribution in [2.24, 2.45) is 5.92 Å². The van der Waals surface area contributed by atoms with Gasteiger partial charge < -0.3 is 11.1 Å². The fourth-order valence-electron chi connectivity index (χ4n) is 1.51. The molecule has 2 atom stereocenters. The second-order valence-electron chi connectivity index (χ2n) is 4.38. The number of hydrogen-bond donors (Lipinski definition) is 2. The molecule has 0 saturated heterocycles. The van der Waals surface area contributed by atoms with Crippen LogP contribution in [-0.2, 0) is 0 Å². The Morgan fingerprint density at radius 2 is 2.12 bits per heavy atom. The molecular formula is C13H19BrN2O. The van der Waals surface area contributed by atoms with Gasteiger partial charge in [0.25, 0.3) is 5.91 Å². The van der Waals surface area contributed by atoms with Gasteiger partial charge in [0, 0.05) is 16.2 Å². The molecule has 94 valence electrons. The van der Waals surface area contributed by atoms with Gasteiger partial charge in [-0.25, -0.2) is 0 Å². The number of amides is 1. The van der Waals surface area contributed by atoms with Crippen LogP contribution in [0.5, 0.6) is 0 Å². The first kappa shape index (κ1) is 14.0. The van der Waals surface area contributed by atoms with Crippen molar-refractivity contribution in [1.29, 1.82) is 0 Å². The second kappa shape index (κ2) is 6.05. The summed E-state index contributed by atoms with van der Waals surface area (Å²) in [6.07, 6.45) is 1.04. The summed E-state index contributed by atoms with van der Waals surface area (Å²) in [5.41, 5.74) is 6.82. The van der Waals surface area contributed by atoms with Crippen LogP contribution >= 0.6 is 15.9 Å². The summed E-state index contributed by atoms with van der Waals surface area (Å²) in [6, 6.07) is 5.44. The molecule has 1 aromatic carbocycles. The summed E-state index contributed by atoms with van der Waals surface area (Å²) in [4.78, 5) is 12.0. The lowest BCUT2D eigenvalue weighted by molar-refractivity contribution is 0.0929. The lowest BCUT2D eigenvalue weighted by Gasteiger charge is -2.20. The Hall–Kier alpha value is -1.03. The van der Waals surface area contributed by atoms with E-state index < -0.39 is 0 Å². The number of halogens is 1. The topological polar surface area (TPSA) is 55.1 Å². The summed E-state index contributed by atoms with van der Waals surface area (Å²) >= 11 is 3.34. The molecule has 0 saturated carbocycles. The molecule has 0 aliphatic carbocycles. The standard InChI is InChI=1S/C13H19BrN2O/c1-4-8(2)9(3)16-13(17)11-7-10(14)5-6-12(11)15/h5-9H,4,15H2,1-3H3,(H,16,17). The van der Waals surface area contributed by atoms with Gasteiger partial charge in [0.15, 0.2) is 0 Å². The average Bonchev–Trinajstić information content (AvgIpc) is 2.30. The molecule has 1 amide bonds. The number of rotatable bonds is 4. The van der Waals surface area contributed by atoms with Crippen LogP contribution in [0, 0.1) is 5.92 Å². The lowest BCUT2D eigenvalue weighted by Crippen LogP contribution is -2.37. The second-order valence-corrected chi connectivity index (χ2v) is 5.29. The molecule has 0 bridgehead atoms. The fraction of sp³-hybridized carbons (Fsp3) is 0.462. The van der Waals surface area contributed by atoms with Crippen LogP contribution in [0.4, 0.5) is 5.69 Å². The molecule has 0 radical (unpaired) electrons. The van der Waals surface area contributed by atoms with E-state index in [0.717, 1.165) is 10.9 Å².